The van der Waals surface area contributed by atoms with Gasteiger partial charge in [-0.05, 0) is 19.9 Å². The molecule has 0 saturated carbocycles. The number of nitrogens with two attached hydrogens (primary N) is 1. The molecule has 0 bridgehead atoms. The molecule has 0 aliphatic rings. The monoisotopic (exact) mass is 233 g/mol. The summed E-state index contributed by atoms with van der Waals surface area (Å²) in [4.78, 5) is 4.00. The Morgan fingerprint density at radius 2 is 2.20 bits per heavy atom. The molecule has 86 valence electrons. The van der Waals surface area contributed by atoms with Crippen LogP contribution in [0.5, 0.6) is 0 Å². The van der Waals surface area contributed by atoms with Crippen LogP contribution in [0.1, 0.15) is 30.3 Å². The highest BCUT2D eigenvalue weighted by Crippen LogP contribution is 2.17. The Balaban J connectivity index is 2.76. The molecule has 0 spiro atoms. The van der Waals surface area contributed by atoms with Gasteiger partial charge in [-0.3, -0.25) is 0 Å². The fourth-order valence-electron chi connectivity index (χ4n) is 0.979. The Morgan fingerprint density at radius 1 is 1.53 bits per heavy atom. The number of aromatic nitrogens is 2. The highest BCUT2D eigenvalue weighted by Gasteiger charge is 2.22. The summed E-state index contributed by atoms with van der Waals surface area (Å²) in [5.74, 6) is 0.649. The number of nitrogens with zero attached hydrogens (tertiary/aromatic N) is 2. The number of hydrogen-bond donors (Lipinski definition) is 1. The summed E-state index contributed by atoms with van der Waals surface area (Å²) in [7, 11) is -3.17. The Labute approximate surface area is 88.8 Å². The topological polar surface area (TPSA) is 99.1 Å². The van der Waals surface area contributed by atoms with Gasteiger partial charge in [0.15, 0.2) is 15.7 Å². The van der Waals surface area contributed by atoms with E-state index in [1.807, 2.05) is 0 Å². The number of hydrogen-bond acceptors (Lipinski definition) is 6. The van der Waals surface area contributed by atoms with Crippen molar-refractivity contribution in [1.82, 2.24) is 10.1 Å². The van der Waals surface area contributed by atoms with Crippen LogP contribution < -0.4 is 5.73 Å². The van der Waals surface area contributed by atoms with Gasteiger partial charge in [0.1, 0.15) is 5.25 Å². The van der Waals surface area contributed by atoms with Crippen LogP contribution in [0.2, 0.25) is 0 Å². The van der Waals surface area contributed by atoms with Gasteiger partial charge in [0.25, 0.3) is 0 Å². The van der Waals surface area contributed by atoms with Crippen LogP contribution in [0.25, 0.3) is 0 Å². The summed E-state index contributed by atoms with van der Waals surface area (Å²) in [5, 5.41) is 2.90. The van der Waals surface area contributed by atoms with Crippen molar-refractivity contribution in [2.75, 3.05) is 12.8 Å². The first kappa shape index (κ1) is 12.1. The molecule has 0 aliphatic carbocycles. The average molecular weight is 233 g/mol. The summed E-state index contributed by atoms with van der Waals surface area (Å²) in [6.07, 6.45) is 2.47. The predicted octanol–water partition coefficient (Wildman–Crippen LogP) is 0.0665. The van der Waals surface area contributed by atoms with Gasteiger partial charge >= 0.3 is 0 Å². The molecule has 0 saturated heterocycles. The van der Waals surface area contributed by atoms with Crippen LogP contribution in [0.3, 0.4) is 0 Å². The van der Waals surface area contributed by atoms with Crippen molar-refractivity contribution in [2.24, 2.45) is 5.73 Å². The largest absolute Gasteiger partial charge is 0.339 e. The molecule has 6 nitrogen and oxygen atoms in total. The molecule has 0 fully saturated rings. The Morgan fingerprint density at radius 3 is 2.73 bits per heavy atom. The third-order valence-electron chi connectivity index (χ3n) is 2.08. The normalized spacial score (nSPS) is 14.1. The second kappa shape index (κ2) is 4.71. The Kier molecular flexibility index (Phi) is 3.81. The summed E-state index contributed by atoms with van der Waals surface area (Å²) in [6.45, 7) is 2.08. The molecular formula is C8H15N3O3S. The summed E-state index contributed by atoms with van der Waals surface area (Å²) < 4.78 is 27.3. The maximum absolute atomic E-state index is 11.2. The second-order valence-corrected chi connectivity index (χ2v) is 5.78. The van der Waals surface area contributed by atoms with E-state index in [-0.39, 0.29) is 5.82 Å². The summed E-state index contributed by atoms with van der Waals surface area (Å²) in [5.41, 5.74) is 5.33. The minimum absolute atomic E-state index is 0.213. The maximum Gasteiger partial charge on any atom is 0.226 e. The van der Waals surface area contributed by atoms with Crippen LogP contribution in [0.15, 0.2) is 4.52 Å². The molecule has 1 aromatic rings. The zero-order valence-corrected chi connectivity index (χ0v) is 9.62. The molecule has 15 heavy (non-hydrogen) atoms. The van der Waals surface area contributed by atoms with E-state index in [9.17, 15) is 8.42 Å². The van der Waals surface area contributed by atoms with E-state index in [2.05, 4.69) is 10.1 Å². The summed E-state index contributed by atoms with van der Waals surface area (Å²) in [6, 6.07) is 0. The number of aryl methyl sites for hydroxylation is 1. The molecule has 1 heterocycles. The lowest BCUT2D eigenvalue weighted by molar-refractivity contribution is 0.370. The zero-order valence-electron chi connectivity index (χ0n) is 8.80. The van der Waals surface area contributed by atoms with Crippen molar-refractivity contribution in [3.05, 3.63) is 11.7 Å². The highest BCUT2D eigenvalue weighted by molar-refractivity contribution is 7.90. The van der Waals surface area contributed by atoms with Crippen LogP contribution in [-0.2, 0) is 16.3 Å². The van der Waals surface area contributed by atoms with Gasteiger partial charge in [-0.1, -0.05) is 5.16 Å². The van der Waals surface area contributed by atoms with E-state index in [1.54, 1.807) is 0 Å². The lowest BCUT2D eigenvalue weighted by atomic mass is 10.3. The fourth-order valence-corrected chi connectivity index (χ4v) is 1.46. The van der Waals surface area contributed by atoms with Gasteiger partial charge in [0.2, 0.25) is 5.89 Å². The molecule has 0 aliphatic heterocycles. The first-order valence-electron chi connectivity index (χ1n) is 4.66. The Hall–Kier alpha value is -0.950. The van der Waals surface area contributed by atoms with Crippen LogP contribution in [0, 0.1) is 0 Å². The van der Waals surface area contributed by atoms with E-state index in [1.165, 1.54) is 6.92 Å². The highest BCUT2D eigenvalue weighted by atomic mass is 32.2. The molecular weight excluding hydrogens is 218 g/mol. The maximum atomic E-state index is 11.2. The van der Waals surface area contributed by atoms with Crippen molar-refractivity contribution >= 4 is 9.84 Å². The van der Waals surface area contributed by atoms with E-state index in [0.717, 1.165) is 12.7 Å². The van der Waals surface area contributed by atoms with Gasteiger partial charge in [-0.15, -0.1) is 0 Å². The minimum atomic E-state index is -3.17. The number of rotatable bonds is 5. The minimum Gasteiger partial charge on any atom is -0.339 e. The second-order valence-electron chi connectivity index (χ2n) is 3.41. The first-order valence-corrected chi connectivity index (χ1v) is 6.62. The van der Waals surface area contributed by atoms with Crippen molar-refractivity contribution in [1.29, 1.82) is 0 Å². The van der Waals surface area contributed by atoms with Gasteiger partial charge in [-0.2, -0.15) is 4.98 Å². The first-order chi connectivity index (χ1) is 6.95. The zero-order chi connectivity index (χ0) is 11.5. The summed E-state index contributed by atoms with van der Waals surface area (Å²) >= 11 is 0. The molecule has 1 unspecified atom stereocenters. The van der Waals surface area contributed by atoms with Crippen LogP contribution in [0.4, 0.5) is 0 Å². The molecule has 0 amide bonds. The third-order valence-corrected chi connectivity index (χ3v) is 3.58. The van der Waals surface area contributed by atoms with E-state index in [0.29, 0.717) is 18.9 Å². The lowest BCUT2D eigenvalue weighted by Crippen LogP contribution is -2.09. The van der Waals surface area contributed by atoms with Crippen molar-refractivity contribution in [3.63, 3.8) is 0 Å². The standard InChI is InChI=1S/C8H15N3O3S/c1-6(15(2,12)13)8-10-7(14-11-8)4-3-5-9/h6H,3-5,9H2,1-2H3. The van der Waals surface area contributed by atoms with E-state index < -0.39 is 15.1 Å². The van der Waals surface area contributed by atoms with Gasteiger partial charge < -0.3 is 10.3 Å². The SMILES string of the molecule is CC(c1noc(CCCN)n1)S(C)(=O)=O. The predicted molar refractivity (Wildman–Crippen MR) is 54.9 cm³/mol. The molecule has 0 aromatic carbocycles. The van der Waals surface area contributed by atoms with E-state index in [4.69, 9.17) is 10.3 Å². The third kappa shape index (κ3) is 3.28. The van der Waals surface area contributed by atoms with Crippen LogP contribution >= 0.6 is 0 Å². The molecule has 0 radical (unpaired) electrons. The molecule has 1 rings (SSSR count). The Bertz CT molecular complexity index is 413. The van der Waals surface area contributed by atoms with Crippen LogP contribution in [-0.4, -0.2) is 31.4 Å². The average Bonchev–Trinajstić information content (AvgIpc) is 2.60. The van der Waals surface area contributed by atoms with Gasteiger partial charge in [0, 0.05) is 12.7 Å². The quantitative estimate of drug-likeness (QED) is 0.772. The van der Waals surface area contributed by atoms with Crippen molar-refractivity contribution < 1.29 is 12.9 Å². The van der Waals surface area contributed by atoms with E-state index >= 15 is 0 Å². The molecule has 2 N–H and O–H groups in total. The van der Waals surface area contributed by atoms with Crippen molar-refractivity contribution in [3.8, 4) is 0 Å². The number of sulfone groups is 1. The molecule has 1 atom stereocenters. The van der Waals surface area contributed by atoms with Gasteiger partial charge in [0.05, 0.1) is 0 Å². The van der Waals surface area contributed by atoms with Crippen molar-refractivity contribution in [2.45, 2.75) is 25.0 Å². The molecule has 7 heteroatoms. The molecule has 1 aromatic heterocycles. The lowest BCUT2D eigenvalue weighted by Gasteiger charge is -2.01. The smallest absolute Gasteiger partial charge is 0.226 e. The fraction of sp³-hybridized carbons (Fsp3) is 0.750. The van der Waals surface area contributed by atoms with Gasteiger partial charge in [-0.25, -0.2) is 8.42 Å².